The van der Waals surface area contributed by atoms with Crippen LogP contribution in [-0.2, 0) is 6.42 Å². The summed E-state index contributed by atoms with van der Waals surface area (Å²) in [7, 11) is 0. The fraction of sp³-hybridized carbons (Fsp3) is 0.312. The monoisotopic (exact) mass is 304 g/mol. The maximum absolute atomic E-state index is 5.79. The van der Waals surface area contributed by atoms with Crippen LogP contribution in [0.1, 0.15) is 27.8 Å². The average Bonchev–Trinajstić information content (AvgIpc) is 2.74. The van der Waals surface area contributed by atoms with Gasteiger partial charge >= 0.3 is 0 Å². The first kappa shape index (κ1) is 15.0. The van der Waals surface area contributed by atoms with Gasteiger partial charge in [0, 0.05) is 33.5 Å². The van der Waals surface area contributed by atoms with E-state index in [9.17, 15) is 0 Å². The largest absolute Gasteiger partial charge is 0.389 e. The summed E-state index contributed by atoms with van der Waals surface area (Å²) in [6, 6.07) is 10.8. The molecular weight excluding hydrogens is 284 g/mol. The third-order valence-electron chi connectivity index (χ3n) is 3.15. The quantitative estimate of drug-likeness (QED) is 0.819. The first-order valence-electron chi connectivity index (χ1n) is 6.68. The summed E-state index contributed by atoms with van der Waals surface area (Å²) < 4.78 is 0. The van der Waals surface area contributed by atoms with Gasteiger partial charge in [0.2, 0.25) is 0 Å². The van der Waals surface area contributed by atoms with E-state index >= 15 is 0 Å². The van der Waals surface area contributed by atoms with Crippen molar-refractivity contribution in [2.45, 2.75) is 33.2 Å². The molecule has 2 nitrogen and oxygen atoms in total. The van der Waals surface area contributed by atoms with E-state index in [0.717, 1.165) is 17.7 Å². The van der Waals surface area contributed by atoms with Gasteiger partial charge < -0.3 is 11.1 Å². The summed E-state index contributed by atoms with van der Waals surface area (Å²) >= 11 is 6.97. The summed E-state index contributed by atoms with van der Waals surface area (Å²) in [5.74, 6) is 0. The Kier molecular flexibility index (Phi) is 4.78. The van der Waals surface area contributed by atoms with Crippen LogP contribution in [0.5, 0.6) is 0 Å². The maximum atomic E-state index is 5.79. The van der Waals surface area contributed by atoms with Gasteiger partial charge in [-0.3, -0.25) is 0 Å². The van der Waals surface area contributed by atoms with Crippen LogP contribution in [0, 0.1) is 13.8 Å². The SMILES string of the molecule is Cc1ccc(C(N)=S)c(NC(C)Cc2ccc(C)s2)c1. The molecule has 0 aliphatic carbocycles. The van der Waals surface area contributed by atoms with Crippen LogP contribution in [0.15, 0.2) is 30.3 Å². The van der Waals surface area contributed by atoms with E-state index in [0.29, 0.717) is 11.0 Å². The van der Waals surface area contributed by atoms with Gasteiger partial charge in [-0.05, 0) is 50.6 Å². The molecule has 0 spiro atoms. The highest BCUT2D eigenvalue weighted by atomic mass is 32.1. The molecule has 2 rings (SSSR count). The normalized spacial score (nSPS) is 12.2. The summed E-state index contributed by atoms with van der Waals surface area (Å²) in [6.45, 7) is 6.39. The van der Waals surface area contributed by atoms with Crippen molar-refractivity contribution in [3.63, 3.8) is 0 Å². The molecule has 0 amide bonds. The van der Waals surface area contributed by atoms with Gasteiger partial charge in [0.05, 0.1) is 0 Å². The number of aryl methyl sites for hydroxylation is 2. The molecular formula is C16H20N2S2. The molecule has 0 saturated carbocycles. The Hall–Kier alpha value is -1.39. The molecule has 1 aromatic carbocycles. The third kappa shape index (κ3) is 3.81. The van der Waals surface area contributed by atoms with E-state index in [-0.39, 0.29) is 0 Å². The molecule has 1 atom stereocenters. The van der Waals surface area contributed by atoms with Crippen molar-refractivity contribution >= 4 is 34.2 Å². The van der Waals surface area contributed by atoms with Crippen LogP contribution < -0.4 is 11.1 Å². The van der Waals surface area contributed by atoms with Crippen molar-refractivity contribution in [3.05, 3.63) is 51.2 Å². The lowest BCUT2D eigenvalue weighted by Crippen LogP contribution is -2.21. The minimum Gasteiger partial charge on any atom is -0.389 e. The molecule has 4 heteroatoms. The van der Waals surface area contributed by atoms with Crippen molar-refractivity contribution in [3.8, 4) is 0 Å². The van der Waals surface area contributed by atoms with Crippen LogP contribution in [0.4, 0.5) is 5.69 Å². The first-order valence-corrected chi connectivity index (χ1v) is 7.90. The number of hydrogen-bond acceptors (Lipinski definition) is 3. The van der Waals surface area contributed by atoms with Crippen molar-refractivity contribution in [2.24, 2.45) is 5.73 Å². The molecule has 3 N–H and O–H groups in total. The summed E-state index contributed by atoms with van der Waals surface area (Å²) in [5.41, 5.74) is 8.93. The Morgan fingerprint density at radius 2 is 2.05 bits per heavy atom. The van der Waals surface area contributed by atoms with E-state index < -0.39 is 0 Å². The molecule has 0 fully saturated rings. The smallest absolute Gasteiger partial charge is 0.106 e. The number of hydrogen-bond donors (Lipinski definition) is 2. The zero-order valence-corrected chi connectivity index (χ0v) is 13.7. The summed E-state index contributed by atoms with van der Waals surface area (Å²) in [6.07, 6.45) is 1.00. The van der Waals surface area contributed by atoms with Crippen molar-refractivity contribution in [2.75, 3.05) is 5.32 Å². The minimum absolute atomic E-state index is 0.336. The van der Waals surface area contributed by atoms with Crippen molar-refractivity contribution < 1.29 is 0 Å². The number of rotatable bonds is 5. The molecule has 2 aromatic rings. The van der Waals surface area contributed by atoms with E-state index in [1.54, 1.807) is 0 Å². The Bertz CT molecular complexity index is 617. The second-order valence-electron chi connectivity index (χ2n) is 5.18. The number of thiophene rings is 1. The molecule has 0 aliphatic heterocycles. The highest BCUT2D eigenvalue weighted by Crippen LogP contribution is 2.21. The van der Waals surface area contributed by atoms with E-state index in [4.69, 9.17) is 18.0 Å². The lowest BCUT2D eigenvalue weighted by atomic mass is 10.1. The molecule has 0 aliphatic rings. The molecule has 0 radical (unpaired) electrons. The molecule has 1 aromatic heterocycles. The predicted molar refractivity (Wildman–Crippen MR) is 92.9 cm³/mol. The minimum atomic E-state index is 0.336. The molecule has 1 heterocycles. The van der Waals surface area contributed by atoms with Gasteiger partial charge in [-0.15, -0.1) is 11.3 Å². The van der Waals surface area contributed by atoms with Gasteiger partial charge in [0.25, 0.3) is 0 Å². The standard InChI is InChI=1S/C16H20N2S2/c1-10-4-7-14(16(17)19)15(8-10)18-11(2)9-13-6-5-12(3)20-13/h4-8,11,18H,9H2,1-3H3,(H2,17,19). The van der Waals surface area contributed by atoms with Crippen LogP contribution in [0.2, 0.25) is 0 Å². The molecule has 1 unspecified atom stereocenters. The van der Waals surface area contributed by atoms with E-state index in [1.165, 1.54) is 15.3 Å². The Morgan fingerprint density at radius 3 is 2.65 bits per heavy atom. The topological polar surface area (TPSA) is 38.0 Å². The highest BCUT2D eigenvalue weighted by molar-refractivity contribution is 7.80. The molecule has 0 saturated heterocycles. The molecule has 20 heavy (non-hydrogen) atoms. The fourth-order valence-electron chi connectivity index (χ4n) is 2.21. The van der Waals surface area contributed by atoms with Crippen molar-refractivity contribution in [1.82, 2.24) is 0 Å². The second kappa shape index (κ2) is 6.37. The number of thiocarbonyl (C=S) groups is 1. The van der Waals surface area contributed by atoms with Gasteiger partial charge in [-0.1, -0.05) is 18.3 Å². The van der Waals surface area contributed by atoms with Crippen LogP contribution in [-0.4, -0.2) is 11.0 Å². The second-order valence-corrected chi connectivity index (χ2v) is 6.99. The zero-order valence-electron chi connectivity index (χ0n) is 12.1. The summed E-state index contributed by atoms with van der Waals surface area (Å²) in [5, 5.41) is 3.53. The van der Waals surface area contributed by atoms with Gasteiger partial charge in [-0.2, -0.15) is 0 Å². The van der Waals surface area contributed by atoms with E-state index in [1.807, 2.05) is 23.5 Å². The Morgan fingerprint density at radius 1 is 1.30 bits per heavy atom. The number of nitrogens with one attached hydrogen (secondary N) is 1. The zero-order chi connectivity index (χ0) is 14.7. The lowest BCUT2D eigenvalue weighted by molar-refractivity contribution is 0.800. The first-order chi connectivity index (χ1) is 9.45. The Balaban J connectivity index is 2.12. The predicted octanol–water partition coefficient (Wildman–Crippen LogP) is 4.04. The van der Waals surface area contributed by atoms with Crippen LogP contribution in [0.3, 0.4) is 0 Å². The van der Waals surface area contributed by atoms with Crippen molar-refractivity contribution in [1.29, 1.82) is 0 Å². The fourth-order valence-corrected chi connectivity index (χ4v) is 3.40. The maximum Gasteiger partial charge on any atom is 0.106 e. The number of anilines is 1. The summed E-state index contributed by atoms with van der Waals surface area (Å²) in [4.78, 5) is 3.19. The van der Waals surface area contributed by atoms with Crippen LogP contribution >= 0.6 is 23.6 Å². The molecule has 0 bridgehead atoms. The van der Waals surface area contributed by atoms with Gasteiger partial charge in [-0.25, -0.2) is 0 Å². The Labute approximate surface area is 130 Å². The van der Waals surface area contributed by atoms with Gasteiger partial charge in [0.15, 0.2) is 0 Å². The average molecular weight is 304 g/mol. The molecule has 106 valence electrons. The van der Waals surface area contributed by atoms with E-state index in [2.05, 4.69) is 44.3 Å². The highest BCUT2D eigenvalue weighted by Gasteiger charge is 2.10. The van der Waals surface area contributed by atoms with Crippen LogP contribution in [0.25, 0.3) is 0 Å². The number of benzene rings is 1. The lowest BCUT2D eigenvalue weighted by Gasteiger charge is -2.18. The third-order valence-corrected chi connectivity index (χ3v) is 4.39. The van der Waals surface area contributed by atoms with Gasteiger partial charge in [0.1, 0.15) is 4.99 Å². The number of nitrogens with two attached hydrogens (primary N) is 1.